The second-order valence-electron chi connectivity index (χ2n) is 6.44. The Morgan fingerprint density at radius 1 is 1.08 bits per heavy atom. The number of nitrogens with zero attached hydrogens (tertiary/aromatic N) is 2. The van der Waals surface area contributed by atoms with Crippen molar-refractivity contribution in [3.8, 4) is 5.75 Å². The van der Waals surface area contributed by atoms with Gasteiger partial charge >= 0.3 is 0 Å². The SMILES string of the molecule is COc1ccc(CN2CCN(CC(=O)Nc3ccccc3)CC2)cc1F. The first kappa shape index (κ1) is 18.4. The summed E-state index contributed by atoms with van der Waals surface area (Å²) in [5, 5.41) is 2.91. The molecule has 1 N–H and O–H groups in total. The maximum absolute atomic E-state index is 13.8. The van der Waals surface area contributed by atoms with Crippen LogP contribution in [0, 0.1) is 5.82 Å². The summed E-state index contributed by atoms with van der Waals surface area (Å²) in [5.74, 6) is -0.0638. The number of para-hydroxylation sites is 1. The number of halogens is 1. The maximum atomic E-state index is 13.8. The van der Waals surface area contributed by atoms with E-state index in [-0.39, 0.29) is 17.5 Å². The fourth-order valence-electron chi connectivity index (χ4n) is 3.10. The van der Waals surface area contributed by atoms with Crippen LogP contribution in [0.25, 0.3) is 0 Å². The van der Waals surface area contributed by atoms with Crippen LogP contribution in [0.2, 0.25) is 0 Å². The molecule has 2 aromatic rings. The summed E-state index contributed by atoms with van der Waals surface area (Å²) in [5.41, 5.74) is 1.75. The highest BCUT2D eigenvalue weighted by molar-refractivity contribution is 5.92. The van der Waals surface area contributed by atoms with Crippen molar-refractivity contribution < 1.29 is 13.9 Å². The van der Waals surface area contributed by atoms with E-state index < -0.39 is 0 Å². The van der Waals surface area contributed by atoms with Crippen LogP contribution >= 0.6 is 0 Å². The highest BCUT2D eigenvalue weighted by Gasteiger charge is 2.19. The van der Waals surface area contributed by atoms with Crippen molar-refractivity contribution in [3.05, 3.63) is 59.9 Å². The summed E-state index contributed by atoms with van der Waals surface area (Å²) in [6.07, 6.45) is 0. The molecular weight excluding hydrogens is 333 g/mol. The normalized spacial score (nSPS) is 15.6. The summed E-state index contributed by atoms with van der Waals surface area (Å²) in [6, 6.07) is 14.6. The molecule has 3 rings (SSSR count). The number of benzene rings is 2. The van der Waals surface area contributed by atoms with Gasteiger partial charge in [-0.05, 0) is 29.8 Å². The number of hydrogen-bond acceptors (Lipinski definition) is 4. The van der Waals surface area contributed by atoms with Gasteiger partial charge in [-0.25, -0.2) is 4.39 Å². The predicted molar refractivity (Wildman–Crippen MR) is 99.7 cm³/mol. The zero-order valence-electron chi connectivity index (χ0n) is 15.0. The van der Waals surface area contributed by atoms with Gasteiger partial charge < -0.3 is 10.1 Å². The molecule has 0 spiro atoms. The van der Waals surface area contributed by atoms with Crippen LogP contribution in [0.3, 0.4) is 0 Å². The van der Waals surface area contributed by atoms with Crippen LogP contribution in [-0.4, -0.2) is 55.5 Å². The molecule has 1 aliphatic rings. The predicted octanol–water partition coefficient (Wildman–Crippen LogP) is 2.59. The van der Waals surface area contributed by atoms with Crippen LogP contribution in [0.4, 0.5) is 10.1 Å². The molecule has 1 saturated heterocycles. The molecule has 0 saturated carbocycles. The first-order valence-electron chi connectivity index (χ1n) is 8.76. The molecule has 1 heterocycles. The smallest absolute Gasteiger partial charge is 0.238 e. The minimum Gasteiger partial charge on any atom is -0.494 e. The monoisotopic (exact) mass is 357 g/mol. The van der Waals surface area contributed by atoms with E-state index in [2.05, 4.69) is 15.1 Å². The van der Waals surface area contributed by atoms with Gasteiger partial charge in [0.05, 0.1) is 13.7 Å². The van der Waals surface area contributed by atoms with Crippen molar-refractivity contribution in [3.63, 3.8) is 0 Å². The Kier molecular flexibility index (Phi) is 6.20. The quantitative estimate of drug-likeness (QED) is 0.863. The van der Waals surface area contributed by atoms with Crippen molar-refractivity contribution in [2.75, 3.05) is 45.2 Å². The minimum atomic E-state index is -0.332. The van der Waals surface area contributed by atoms with E-state index >= 15 is 0 Å². The van der Waals surface area contributed by atoms with Gasteiger partial charge in [-0.2, -0.15) is 0 Å². The summed E-state index contributed by atoms with van der Waals surface area (Å²) in [6.45, 7) is 4.44. The van der Waals surface area contributed by atoms with E-state index in [0.29, 0.717) is 13.1 Å². The number of carbonyl (C=O) groups excluding carboxylic acids is 1. The van der Waals surface area contributed by atoms with E-state index in [1.54, 1.807) is 6.07 Å². The van der Waals surface area contributed by atoms with Crippen LogP contribution in [0.15, 0.2) is 48.5 Å². The first-order chi connectivity index (χ1) is 12.6. The minimum absolute atomic E-state index is 0.00174. The molecule has 0 atom stereocenters. The molecular formula is C20H24FN3O2. The van der Waals surface area contributed by atoms with Gasteiger partial charge in [0.25, 0.3) is 0 Å². The van der Waals surface area contributed by atoms with E-state index in [0.717, 1.165) is 37.4 Å². The Morgan fingerprint density at radius 3 is 2.42 bits per heavy atom. The molecule has 1 aliphatic heterocycles. The van der Waals surface area contributed by atoms with Gasteiger partial charge in [0.2, 0.25) is 5.91 Å². The standard InChI is InChI=1S/C20H24FN3O2/c1-26-19-8-7-16(13-18(19)21)14-23-9-11-24(12-10-23)15-20(25)22-17-5-3-2-4-6-17/h2-8,13H,9-12,14-15H2,1H3,(H,22,25). The third-order valence-electron chi connectivity index (χ3n) is 4.51. The Morgan fingerprint density at radius 2 is 1.77 bits per heavy atom. The first-order valence-corrected chi connectivity index (χ1v) is 8.76. The number of hydrogen-bond donors (Lipinski definition) is 1. The molecule has 26 heavy (non-hydrogen) atoms. The van der Waals surface area contributed by atoms with E-state index in [1.165, 1.54) is 13.2 Å². The fourth-order valence-corrected chi connectivity index (χ4v) is 3.10. The maximum Gasteiger partial charge on any atom is 0.238 e. The molecule has 0 aliphatic carbocycles. The lowest BCUT2D eigenvalue weighted by molar-refractivity contribution is -0.117. The number of piperazine rings is 1. The number of rotatable bonds is 6. The number of methoxy groups -OCH3 is 1. The molecule has 1 fully saturated rings. The van der Waals surface area contributed by atoms with Crippen LogP contribution in [0.1, 0.15) is 5.56 Å². The highest BCUT2D eigenvalue weighted by Crippen LogP contribution is 2.19. The highest BCUT2D eigenvalue weighted by atomic mass is 19.1. The Balaban J connectivity index is 1.44. The third kappa shape index (κ3) is 5.03. The van der Waals surface area contributed by atoms with Crippen LogP contribution in [-0.2, 0) is 11.3 Å². The molecule has 0 bridgehead atoms. The molecule has 2 aromatic carbocycles. The van der Waals surface area contributed by atoms with E-state index in [9.17, 15) is 9.18 Å². The fraction of sp³-hybridized carbons (Fsp3) is 0.350. The largest absolute Gasteiger partial charge is 0.494 e. The molecule has 6 heteroatoms. The van der Waals surface area contributed by atoms with E-state index in [1.807, 2.05) is 36.4 Å². The van der Waals surface area contributed by atoms with Crippen molar-refractivity contribution in [2.45, 2.75) is 6.54 Å². The van der Waals surface area contributed by atoms with Gasteiger partial charge in [-0.15, -0.1) is 0 Å². The average molecular weight is 357 g/mol. The van der Waals surface area contributed by atoms with Crippen molar-refractivity contribution in [2.24, 2.45) is 0 Å². The summed E-state index contributed by atoms with van der Waals surface area (Å²) < 4.78 is 18.7. The zero-order valence-corrected chi connectivity index (χ0v) is 15.0. The Labute approximate surface area is 153 Å². The lowest BCUT2D eigenvalue weighted by atomic mass is 10.2. The second-order valence-corrected chi connectivity index (χ2v) is 6.44. The van der Waals surface area contributed by atoms with Crippen molar-refractivity contribution in [1.29, 1.82) is 0 Å². The summed E-state index contributed by atoms with van der Waals surface area (Å²) in [7, 11) is 1.46. The molecule has 5 nitrogen and oxygen atoms in total. The number of anilines is 1. The van der Waals surface area contributed by atoms with Crippen LogP contribution < -0.4 is 10.1 Å². The molecule has 0 unspecified atom stereocenters. The number of carbonyl (C=O) groups is 1. The Hall–Kier alpha value is -2.44. The molecule has 0 radical (unpaired) electrons. The van der Waals surface area contributed by atoms with Gasteiger partial charge in [-0.1, -0.05) is 24.3 Å². The number of ether oxygens (including phenoxy) is 1. The Bertz CT molecular complexity index is 731. The van der Waals surface area contributed by atoms with Crippen LogP contribution in [0.5, 0.6) is 5.75 Å². The zero-order chi connectivity index (χ0) is 18.4. The molecule has 1 amide bonds. The number of nitrogens with one attached hydrogen (secondary N) is 1. The van der Waals surface area contributed by atoms with Crippen molar-refractivity contribution in [1.82, 2.24) is 9.80 Å². The summed E-state index contributed by atoms with van der Waals surface area (Å²) in [4.78, 5) is 16.5. The average Bonchev–Trinajstić information content (AvgIpc) is 2.64. The van der Waals surface area contributed by atoms with Gasteiger partial charge in [-0.3, -0.25) is 14.6 Å². The van der Waals surface area contributed by atoms with Gasteiger partial charge in [0.1, 0.15) is 0 Å². The lowest BCUT2D eigenvalue weighted by Gasteiger charge is -2.34. The molecule has 0 aromatic heterocycles. The lowest BCUT2D eigenvalue weighted by Crippen LogP contribution is -2.48. The summed E-state index contributed by atoms with van der Waals surface area (Å²) >= 11 is 0. The number of amides is 1. The third-order valence-corrected chi connectivity index (χ3v) is 4.51. The topological polar surface area (TPSA) is 44.8 Å². The molecule has 138 valence electrons. The second kappa shape index (κ2) is 8.78. The van der Waals surface area contributed by atoms with Crippen molar-refractivity contribution >= 4 is 11.6 Å². The van der Waals surface area contributed by atoms with Gasteiger partial charge in [0.15, 0.2) is 11.6 Å². The van der Waals surface area contributed by atoms with E-state index in [4.69, 9.17) is 4.74 Å². The van der Waals surface area contributed by atoms with Gasteiger partial charge in [0, 0.05) is 38.4 Å².